The Kier molecular flexibility index (Phi) is 2.54. The first-order valence-corrected chi connectivity index (χ1v) is 4.63. The van der Waals surface area contributed by atoms with Crippen LogP contribution in [-0.2, 0) is 6.54 Å². The van der Waals surface area contributed by atoms with Gasteiger partial charge in [-0.2, -0.15) is 4.39 Å². The van der Waals surface area contributed by atoms with Crippen molar-refractivity contribution in [2.75, 3.05) is 0 Å². The lowest BCUT2D eigenvalue weighted by atomic mass is 10.3. The summed E-state index contributed by atoms with van der Waals surface area (Å²) in [4.78, 5) is 23.9. The van der Waals surface area contributed by atoms with Crippen molar-refractivity contribution in [1.29, 1.82) is 0 Å². The molecule has 7 nitrogen and oxygen atoms in total. The van der Waals surface area contributed by atoms with Gasteiger partial charge >= 0.3 is 5.69 Å². The summed E-state index contributed by atoms with van der Waals surface area (Å²) in [5.74, 6) is -1.93. The molecule has 2 aromatic rings. The number of halogens is 1. The molecule has 0 unspecified atom stereocenters. The highest BCUT2D eigenvalue weighted by atomic mass is 19.1. The minimum absolute atomic E-state index is 0.199. The van der Waals surface area contributed by atoms with Gasteiger partial charge in [-0.1, -0.05) is 5.16 Å². The van der Waals surface area contributed by atoms with Gasteiger partial charge in [-0.3, -0.25) is 14.3 Å². The monoisotopic (exact) mass is 241 g/mol. The predicted molar refractivity (Wildman–Crippen MR) is 53.3 cm³/mol. The predicted octanol–water partition coefficient (Wildman–Crippen LogP) is -0.274. The second-order valence-corrected chi connectivity index (χ2v) is 3.41. The summed E-state index contributed by atoms with van der Waals surface area (Å²) < 4.78 is 18.5. The van der Waals surface area contributed by atoms with Crippen molar-refractivity contribution in [3.05, 3.63) is 44.2 Å². The maximum Gasteiger partial charge on any atom is 0.331 e. The Morgan fingerprint density at radius 1 is 1.59 bits per heavy atom. The molecule has 0 radical (unpaired) electrons. The summed E-state index contributed by atoms with van der Waals surface area (Å²) in [5, 5.41) is 12.9. The zero-order valence-electron chi connectivity index (χ0n) is 8.73. The first-order chi connectivity index (χ1) is 7.99. The molecule has 2 N–H and O–H groups in total. The molecule has 0 aliphatic carbocycles. The Morgan fingerprint density at radius 3 is 2.88 bits per heavy atom. The highest BCUT2D eigenvalue weighted by molar-refractivity contribution is 5.13. The van der Waals surface area contributed by atoms with Crippen molar-refractivity contribution >= 4 is 0 Å². The number of H-pyrrole nitrogens is 1. The third-order valence-corrected chi connectivity index (χ3v) is 2.11. The number of hydrogen-bond donors (Lipinski definition) is 2. The Balaban J connectivity index is 2.50. The molecule has 2 rings (SSSR count). The van der Waals surface area contributed by atoms with Crippen molar-refractivity contribution in [3.8, 4) is 5.88 Å². The van der Waals surface area contributed by atoms with Crippen LogP contribution in [0.25, 0.3) is 0 Å². The summed E-state index contributed by atoms with van der Waals surface area (Å²) in [6.07, 6.45) is 0. The molecule has 8 heteroatoms. The first kappa shape index (κ1) is 11.1. The third-order valence-electron chi connectivity index (χ3n) is 2.11. The lowest BCUT2D eigenvalue weighted by Crippen LogP contribution is -2.32. The second kappa shape index (κ2) is 3.89. The molecule has 2 heterocycles. The number of aromatic hydroxyl groups is 1. The zero-order chi connectivity index (χ0) is 12.6. The highest BCUT2D eigenvalue weighted by Crippen LogP contribution is 2.10. The van der Waals surface area contributed by atoms with Gasteiger partial charge in [-0.15, -0.1) is 0 Å². The molecule has 0 saturated heterocycles. The summed E-state index contributed by atoms with van der Waals surface area (Å²) >= 11 is 0. The van der Waals surface area contributed by atoms with Gasteiger partial charge in [0.25, 0.3) is 5.56 Å². The molecule has 17 heavy (non-hydrogen) atoms. The lowest BCUT2D eigenvalue weighted by Gasteiger charge is -2.05. The lowest BCUT2D eigenvalue weighted by molar-refractivity contribution is 0.358. The zero-order valence-corrected chi connectivity index (χ0v) is 8.73. The third kappa shape index (κ3) is 1.96. The minimum Gasteiger partial charge on any atom is -0.492 e. The van der Waals surface area contributed by atoms with Crippen molar-refractivity contribution < 1.29 is 14.0 Å². The summed E-state index contributed by atoms with van der Waals surface area (Å²) in [5.41, 5.74) is -1.86. The van der Waals surface area contributed by atoms with Crippen molar-refractivity contribution in [2.45, 2.75) is 13.5 Å². The van der Waals surface area contributed by atoms with Crippen LogP contribution in [0.5, 0.6) is 5.88 Å². The van der Waals surface area contributed by atoms with Crippen molar-refractivity contribution in [2.24, 2.45) is 0 Å². The van der Waals surface area contributed by atoms with E-state index in [0.717, 1.165) is 0 Å². The molecular weight excluding hydrogens is 233 g/mol. The standard InChI is InChI=1S/C9H8FN3O4/c1-4-2-5(12-17-4)3-13-8(15)6(10)7(14)11-9(13)16/h2,15H,3H2,1H3,(H,11,14,16). The van der Waals surface area contributed by atoms with Gasteiger partial charge < -0.3 is 9.63 Å². The number of hydrogen-bond acceptors (Lipinski definition) is 5. The van der Waals surface area contributed by atoms with Crippen LogP contribution in [0, 0.1) is 12.7 Å². The molecule has 2 aromatic heterocycles. The number of rotatable bonds is 2. The fourth-order valence-electron chi connectivity index (χ4n) is 1.34. The van der Waals surface area contributed by atoms with E-state index in [1.807, 2.05) is 0 Å². The second-order valence-electron chi connectivity index (χ2n) is 3.41. The summed E-state index contributed by atoms with van der Waals surface area (Å²) in [6.45, 7) is 1.45. The Morgan fingerprint density at radius 2 is 2.29 bits per heavy atom. The number of nitrogens with zero attached hydrogens (tertiary/aromatic N) is 2. The van der Waals surface area contributed by atoms with E-state index in [-0.39, 0.29) is 6.54 Å². The van der Waals surface area contributed by atoms with Crippen LogP contribution in [-0.4, -0.2) is 19.8 Å². The van der Waals surface area contributed by atoms with Gasteiger partial charge in [0.2, 0.25) is 11.7 Å². The van der Waals surface area contributed by atoms with Crippen LogP contribution in [0.15, 0.2) is 20.2 Å². The van der Waals surface area contributed by atoms with E-state index in [0.29, 0.717) is 16.0 Å². The molecule has 0 aromatic carbocycles. The fraction of sp³-hybridized carbons (Fsp3) is 0.222. The van der Waals surface area contributed by atoms with Gasteiger partial charge in [0.1, 0.15) is 11.5 Å². The fourth-order valence-corrected chi connectivity index (χ4v) is 1.34. The van der Waals surface area contributed by atoms with E-state index in [9.17, 15) is 19.1 Å². The average molecular weight is 241 g/mol. The van der Waals surface area contributed by atoms with Crippen LogP contribution < -0.4 is 11.2 Å². The van der Waals surface area contributed by atoms with Gasteiger partial charge in [0.05, 0.1) is 6.54 Å². The Bertz CT molecular complexity index is 670. The molecule has 0 saturated carbocycles. The average Bonchev–Trinajstić information content (AvgIpc) is 2.67. The molecule has 0 bridgehead atoms. The number of aromatic amines is 1. The van der Waals surface area contributed by atoms with E-state index < -0.39 is 22.9 Å². The van der Waals surface area contributed by atoms with E-state index in [4.69, 9.17) is 4.52 Å². The minimum atomic E-state index is -1.41. The smallest absolute Gasteiger partial charge is 0.331 e. The van der Waals surface area contributed by atoms with Crippen LogP contribution in [0.3, 0.4) is 0 Å². The molecule has 0 aliphatic rings. The SMILES string of the molecule is Cc1cc(Cn2c(O)c(F)c(=O)[nH]c2=O)no1. The molecule has 0 atom stereocenters. The van der Waals surface area contributed by atoms with Gasteiger partial charge in [-0.05, 0) is 6.92 Å². The summed E-state index contributed by atoms with van der Waals surface area (Å²) in [7, 11) is 0. The van der Waals surface area contributed by atoms with Crippen LogP contribution >= 0.6 is 0 Å². The van der Waals surface area contributed by atoms with E-state index >= 15 is 0 Å². The molecule has 0 aliphatic heterocycles. The van der Waals surface area contributed by atoms with Crippen molar-refractivity contribution in [3.63, 3.8) is 0 Å². The van der Waals surface area contributed by atoms with Gasteiger partial charge in [0.15, 0.2) is 0 Å². The summed E-state index contributed by atoms with van der Waals surface area (Å²) in [6, 6.07) is 1.52. The molecular formula is C9H8FN3O4. The van der Waals surface area contributed by atoms with Crippen LogP contribution in [0.1, 0.15) is 11.5 Å². The largest absolute Gasteiger partial charge is 0.492 e. The molecule has 0 amide bonds. The maximum atomic E-state index is 13.1. The van der Waals surface area contributed by atoms with E-state index in [2.05, 4.69) is 5.16 Å². The van der Waals surface area contributed by atoms with Gasteiger partial charge in [-0.25, -0.2) is 4.79 Å². The quantitative estimate of drug-likeness (QED) is 0.753. The number of nitrogens with one attached hydrogen (secondary N) is 1. The maximum absolute atomic E-state index is 13.1. The molecule has 90 valence electrons. The molecule has 0 fully saturated rings. The number of aryl methyl sites for hydroxylation is 1. The first-order valence-electron chi connectivity index (χ1n) is 4.63. The van der Waals surface area contributed by atoms with Gasteiger partial charge in [0, 0.05) is 6.07 Å². The van der Waals surface area contributed by atoms with E-state index in [1.54, 1.807) is 11.9 Å². The Hall–Kier alpha value is -2.38. The molecule has 0 spiro atoms. The topological polar surface area (TPSA) is 101 Å². The van der Waals surface area contributed by atoms with Crippen molar-refractivity contribution in [1.82, 2.24) is 14.7 Å². The van der Waals surface area contributed by atoms with Crippen LogP contribution in [0.2, 0.25) is 0 Å². The number of aromatic nitrogens is 3. The highest BCUT2D eigenvalue weighted by Gasteiger charge is 2.14. The Labute approximate surface area is 93.1 Å². The van der Waals surface area contributed by atoms with E-state index in [1.165, 1.54) is 6.07 Å². The van der Waals surface area contributed by atoms with Crippen LogP contribution in [0.4, 0.5) is 4.39 Å². The normalized spacial score (nSPS) is 10.7.